The van der Waals surface area contributed by atoms with Gasteiger partial charge in [-0.25, -0.2) is 0 Å². The van der Waals surface area contributed by atoms with Gasteiger partial charge < -0.3 is 9.84 Å². The Hall–Kier alpha value is -1.58. The van der Waals surface area contributed by atoms with E-state index in [-0.39, 0.29) is 11.8 Å². The Morgan fingerprint density at radius 3 is 2.75 bits per heavy atom. The zero-order valence-corrected chi connectivity index (χ0v) is 12.4. The maximum atomic E-state index is 11.5. The first-order chi connectivity index (χ1) is 9.52. The number of carbonyl (C=O) groups is 1. The van der Waals surface area contributed by atoms with Gasteiger partial charge >= 0.3 is 5.97 Å². The monoisotopic (exact) mass is 277 g/mol. The molecule has 0 saturated heterocycles. The summed E-state index contributed by atoms with van der Waals surface area (Å²) in [4.78, 5) is 15.7. The van der Waals surface area contributed by atoms with Gasteiger partial charge in [0.25, 0.3) is 0 Å². The minimum atomic E-state index is -0.694. The van der Waals surface area contributed by atoms with Crippen LogP contribution in [0.15, 0.2) is 18.5 Å². The number of pyridine rings is 1. The number of ether oxygens (including phenoxy) is 1. The largest absolute Gasteiger partial charge is 0.495 e. The summed E-state index contributed by atoms with van der Waals surface area (Å²) in [5.41, 5.74) is 0.988. The molecule has 0 radical (unpaired) electrons. The van der Waals surface area contributed by atoms with Crippen LogP contribution in [0.25, 0.3) is 0 Å². The molecule has 1 aliphatic rings. The molecule has 1 aliphatic carbocycles. The van der Waals surface area contributed by atoms with Crippen LogP contribution >= 0.6 is 0 Å². The zero-order valence-electron chi connectivity index (χ0n) is 12.4. The average molecular weight is 277 g/mol. The van der Waals surface area contributed by atoms with Crippen molar-refractivity contribution in [2.45, 2.75) is 39.0 Å². The van der Waals surface area contributed by atoms with Crippen LogP contribution in [0.3, 0.4) is 0 Å². The van der Waals surface area contributed by atoms with E-state index in [4.69, 9.17) is 4.74 Å². The molecule has 20 heavy (non-hydrogen) atoms. The maximum absolute atomic E-state index is 11.5. The highest BCUT2D eigenvalue weighted by molar-refractivity contribution is 5.71. The van der Waals surface area contributed by atoms with Crippen LogP contribution < -0.4 is 4.74 Å². The quantitative estimate of drug-likeness (QED) is 0.917. The zero-order chi connectivity index (χ0) is 14.7. The van der Waals surface area contributed by atoms with Crippen LogP contribution in [-0.2, 0) is 4.79 Å². The first-order valence-electron chi connectivity index (χ1n) is 7.24. The number of methoxy groups -OCH3 is 1. The normalized spacial score (nSPS) is 26.5. The third-order valence-electron chi connectivity index (χ3n) is 4.55. The molecule has 0 aliphatic heterocycles. The molecule has 1 N–H and O–H groups in total. The molecule has 0 spiro atoms. The summed E-state index contributed by atoms with van der Waals surface area (Å²) in [6.07, 6.45) is 6.11. The Morgan fingerprint density at radius 1 is 1.40 bits per heavy atom. The van der Waals surface area contributed by atoms with E-state index in [9.17, 15) is 9.90 Å². The standard InChI is InChI=1S/C16H23NO3/c1-10(2)11-4-5-14(16(18)19)15(7-11)12-6-13(20-3)9-17-8-12/h6,8-11,14-15H,4-5,7H2,1-3H3,(H,18,19). The van der Waals surface area contributed by atoms with E-state index in [1.54, 1.807) is 19.5 Å². The molecule has 0 bridgehead atoms. The molecule has 1 aromatic heterocycles. The lowest BCUT2D eigenvalue weighted by atomic mass is 9.68. The summed E-state index contributed by atoms with van der Waals surface area (Å²) in [6.45, 7) is 4.43. The van der Waals surface area contributed by atoms with Crippen LogP contribution in [0.1, 0.15) is 44.6 Å². The lowest BCUT2D eigenvalue weighted by Crippen LogP contribution is -2.31. The number of aliphatic carboxylic acids is 1. The molecule has 1 saturated carbocycles. The second-order valence-electron chi connectivity index (χ2n) is 6.03. The Kier molecular flexibility index (Phi) is 4.63. The summed E-state index contributed by atoms with van der Waals surface area (Å²) in [5, 5.41) is 9.47. The highest BCUT2D eigenvalue weighted by atomic mass is 16.5. The highest BCUT2D eigenvalue weighted by Crippen LogP contribution is 2.43. The van der Waals surface area contributed by atoms with Crippen LogP contribution in [0.2, 0.25) is 0 Å². The first kappa shape index (κ1) is 14.8. The van der Waals surface area contributed by atoms with E-state index >= 15 is 0 Å². The van der Waals surface area contributed by atoms with E-state index in [1.807, 2.05) is 6.07 Å². The number of aromatic nitrogens is 1. The first-order valence-corrected chi connectivity index (χ1v) is 7.24. The molecule has 4 nitrogen and oxygen atoms in total. The Bertz CT molecular complexity index is 473. The van der Waals surface area contributed by atoms with Gasteiger partial charge in [-0.2, -0.15) is 0 Å². The molecule has 3 atom stereocenters. The van der Waals surface area contributed by atoms with Crippen molar-refractivity contribution < 1.29 is 14.6 Å². The molecular formula is C16H23NO3. The lowest BCUT2D eigenvalue weighted by Gasteiger charge is -2.36. The van der Waals surface area contributed by atoms with Crippen LogP contribution in [-0.4, -0.2) is 23.2 Å². The van der Waals surface area contributed by atoms with Gasteiger partial charge in [-0.05, 0) is 48.6 Å². The Morgan fingerprint density at radius 2 is 2.15 bits per heavy atom. The van der Waals surface area contributed by atoms with E-state index in [1.165, 1.54) is 0 Å². The van der Waals surface area contributed by atoms with Crippen molar-refractivity contribution >= 4 is 5.97 Å². The number of hydrogen-bond acceptors (Lipinski definition) is 3. The fraction of sp³-hybridized carbons (Fsp3) is 0.625. The third-order valence-corrected chi connectivity index (χ3v) is 4.55. The van der Waals surface area contributed by atoms with Gasteiger partial charge in [0.2, 0.25) is 0 Å². The van der Waals surface area contributed by atoms with Gasteiger partial charge in [0, 0.05) is 6.20 Å². The second-order valence-corrected chi connectivity index (χ2v) is 6.03. The highest BCUT2D eigenvalue weighted by Gasteiger charge is 2.37. The fourth-order valence-electron chi connectivity index (χ4n) is 3.22. The SMILES string of the molecule is COc1cncc(C2CC(C(C)C)CCC2C(=O)O)c1. The molecular weight excluding hydrogens is 254 g/mol. The fourth-order valence-corrected chi connectivity index (χ4v) is 3.22. The minimum absolute atomic E-state index is 0.0382. The second kappa shape index (κ2) is 6.25. The molecule has 3 unspecified atom stereocenters. The van der Waals surface area contributed by atoms with Gasteiger partial charge in [0.15, 0.2) is 0 Å². The van der Waals surface area contributed by atoms with Crippen LogP contribution in [0.5, 0.6) is 5.75 Å². The van der Waals surface area contributed by atoms with Crippen molar-refractivity contribution in [2.75, 3.05) is 7.11 Å². The van der Waals surface area contributed by atoms with Crippen molar-refractivity contribution in [1.82, 2.24) is 4.98 Å². The van der Waals surface area contributed by atoms with Gasteiger partial charge in [-0.15, -0.1) is 0 Å². The van der Waals surface area contributed by atoms with Crippen molar-refractivity contribution in [3.05, 3.63) is 24.0 Å². The van der Waals surface area contributed by atoms with Gasteiger partial charge in [-0.1, -0.05) is 13.8 Å². The number of carboxylic acids is 1. The van der Waals surface area contributed by atoms with Crippen LogP contribution in [0.4, 0.5) is 0 Å². The summed E-state index contributed by atoms with van der Waals surface area (Å²) in [7, 11) is 1.60. The smallest absolute Gasteiger partial charge is 0.307 e. The van der Waals surface area contributed by atoms with Crippen molar-refractivity contribution in [3.8, 4) is 5.75 Å². The summed E-state index contributed by atoms with van der Waals surface area (Å²) < 4.78 is 5.21. The average Bonchev–Trinajstić information content (AvgIpc) is 2.46. The summed E-state index contributed by atoms with van der Waals surface area (Å²) in [5.74, 6) is 0.904. The van der Waals surface area contributed by atoms with E-state index in [0.717, 1.165) is 24.8 Å². The number of rotatable bonds is 4. The number of hydrogen-bond donors (Lipinski definition) is 1. The molecule has 1 heterocycles. The van der Waals surface area contributed by atoms with Crippen molar-refractivity contribution in [1.29, 1.82) is 0 Å². The van der Waals surface area contributed by atoms with Crippen molar-refractivity contribution in [3.63, 3.8) is 0 Å². The molecule has 2 rings (SSSR count). The molecule has 1 aromatic rings. The van der Waals surface area contributed by atoms with Crippen molar-refractivity contribution in [2.24, 2.45) is 17.8 Å². The molecule has 0 aromatic carbocycles. The molecule has 1 fully saturated rings. The minimum Gasteiger partial charge on any atom is -0.495 e. The maximum Gasteiger partial charge on any atom is 0.307 e. The van der Waals surface area contributed by atoms with E-state index in [0.29, 0.717) is 17.6 Å². The summed E-state index contributed by atoms with van der Waals surface area (Å²) in [6, 6.07) is 1.93. The van der Waals surface area contributed by atoms with Crippen LogP contribution in [0, 0.1) is 17.8 Å². The molecule has 0 amide bonds. The predicted octanol–water partition coefficient (Wildman–Crippen LogP) is 3.33. The number of nitrogens with zero attached hydrogens (tertiary/aromatic N) is 1. The third kappa shape index (κ3) is 3.11. The lowest BCUT2D eigenvalue weighted by molar-refractivity contribution is -0.144. The topological polar surface area (TPSA) is 59.4 Å². The summed E-state index contributed by atoms with van der Waals surface area (Å²) >= 11 is 0. The van der Waals surface area contributed by atoms with Gasteiger partial charge in [0.05, 0.1) is 19.2 Å². The van der Waals surface area contributed by atoms with Gasteiger partial charge in [-0.3, -0.25) is 9.78 Å². The van der Waals surface area contributed by atoms with E-state index in [2.05, 4.69) is 18.8 Å². The predicted molar refractivity (Wildman–Crippen MR) is 76.8 cm³/mol. The van der Waals surface area contributed by atoms with E-state index < -0.39 is 5.97 Å². The van der Waals surface area contributed by atoms with Gasteiger partial charge in [0.1, 0.15) is 5.75 Å². The number of carboxylic acid groups (broad SMARTS) is 1. The molecule has 4 heteroatoms. The Labute approximate surface area is 120 Å². The Balaban J connectivity index is 2.28. The molecule has 110 valence electrons.